The number of hydrogen-bond acceptors (Lipinski definition) is 6. The summed E-state index contributed by atoms with van der Waals surface area (Å²) in [6.07, 6.45) is 0. The van der Waals surface area contributed by atoms with Crippen LogP contribution in [0.3, 0.4) is 0 Å². The molecule has 6 nitrogen and oxygen atoms in total. The van der Waals surface area contributed by atoms with Crippen molar-refractivity contribution in [3.63, 3.8) is 0 Å². The Morgan fingerprint density at radius 3 is 2.58 bits per heavy atom. The smallest absolute Gasteiger partial charge is 0.230 e. The van der Waals surface area contributed by atoms with Crippen LogP contribution in [0, 0.1) is 25.5 Å². The predicted molar refractivity (Wildman–Crippen MR) is 80.8 cm³/mol. The summed E-state index contributed by atoms with van der Waals surface area (Å²) in [6.45, 7) is 4.33. The minimum atomic E-state index is -0.584. The average molecular weight is 334 g/mol. The van der Waals surface area contributed by atoms with Gasteiger partial charge in [-0.2, -0.15) is 0 Å². The fourth-order valence-electron chi connectivity index (χ4n) is 2.30. The first-order valence-corrected chi connectivity index (χ1v) is 7.31. The largest absolute Gasteiger partial charge is 0.441 e. The second kappa shape index (κ2) is 6.48. The first-order chi connectivity index (χ1) is 11.4. The number of oxazole rings is 1. The van der Waals surface area contributed by atoms with Crippen LogP contribution in [-0.4, -0.2) is 27.1 Å². The van der Waals surface area contributed by atoms with Gasteiger partial charge in [0, 0.05) is 13.5 Å². The molecule has 3 aromatic rings. The van der Waals surface area contributed by atoms with E-state index >= 15 is 0 Å². The van der Waals surface area contributed by atoms with Crippen LogP contribution in [-0.2, 0) is 13.1 Å². The topological polar surface area (TPSA) is 68.2 Å². The van der Waals surface area contributed by atoms with E-state index in [1.165, 1.54) is 0 Å². The standard InChI is InChI=1S/C16H16F2N4O2/c1-9-14(7-22(3)8-15-21-20-10(2)24-15)19-16(23-9)12-6-11(17)4-5-13(12)18/h4-6H,7-8H2,1-3H3. The highest BCUT2D eigenvalue weighted by atomic mass is 19.1. The number of benzene rings is 1. The third kappa shape index (κ3) is 3.48. The lowest BCUT2D eigenvalue weighted by atomic mass is 10.2. The second-order valence-electron chi connectivity index (χ2n) is 5.53. The van der Waals surface area contributed by atoms with Crippen molar-refractivity contribution < 1.29 is 17.6 Å². The third-order valence-corrected chi connectivity index (χ3v) is 3.44. The predicted octanol–water partition coefficient (Wildman–Crippen LogP) is 3.25. The van der Waals surface area contributed by atoms with Crippen LogP contribution in [0.5, 0.6) is 0 Å². The van der Waals surface area contributed by atoms with Crippen LogP contribution in [0.2, 0.25) is 0 Å². The molecule has 0 aliphatic heterocycles. The molecule has 0 aliphatic rings. The third-order valence-electron chi connectivity index (χ3n) is 3.44. The van der Waals surface area contributed by atoms with E-state index in [1.807, 2.05) is 11.9 Å². The van der Waals surface area contributed by atoms with Crippen LogP contribution < -0.4 is 0 Å². The molecule has 0 spiro atoms. The highest BCUT2D eigenvalue weighted by Gasteiger charge is 2.17. The highest BCUT2D eigenvalue weighted by Crippen LogP contribution is 2.25. The molecule has 0 aliphatic carbocycles. The maximum atomic E-state index is 13.8. The van der Waals surface area contributed by atoms with Gasteiger partial charge in [0.05, 0.1) is 17.8 Å². The summed E-state index contributed by atoms with van der Waals surface area (Å²) in [5.41, 5.74) is 0.631. The normalized spacial score (nSPS) is 11.4. The van der Waals surface area contributed by atoms with Crippen molar-refractivity contribution in [1.82, 2.24) is 20.1 Å². The Kier molecular flexibility index (Phi) is 4.39. The van der Waals surface area contributed by atoms with E-state index in [0.717, 1.165) is 18.2 Å². The van der Waals surface area contributed by atoms with Crippen molar-refractivity contribution in [2.45, 2.75) is 26.9 Å². The van der Waals surface area contributed by atoms with E-state index in [2.05, 4.69) is 15.2 Å². The van der Waals surface area contributed by atoms with E-state index in [4.69, 9.17) is 8.83 Å². The zero-order valence-electron chi connectivity index (χ0n) is 13.5. The lowest BCUT2D eigenvalue weighted by molar-refractivity contribution is 0.275. The summed E-state index contributed by atoms with van der Waals surface area (Å²) >= 11 is 0. The molecule has 0 saturated heterocycles. The summed E-state index contributed by atoms with van der Waals surface area (Å²) in [5.74, 6) is 0.461. The van der Waals surface area contributed by atoms with Crippen molar-refractivity contribution in [3.8, 4) is 11.5 Å². The summed E-state index contributed by atoms with van der Waals surface area (Å²) in [5, 5.41) is 7.70. The van der Waals surface area contributed by atoms with Crippen LogP contribution in [0.25, 0.3) is 11.5 Å². The van der Waals surface area contributed by atoms with Crippen molar-refractivity contribution in [3.05, 3.63) is 53.1 Å². The van der Waals surface area contributed by atoms with Gasteiger partial charge in [0.2, 0.25) is 17.7 Å². The van der Waals surface area contributed by atoms with Gasteiger partial charge in [-0.1, -0.05) is 0 Å². The zero-order valence-corrected chi connectivity index (χ0v) is 13.5. The molecule has 126 valence electrons. The molecule has 0 amide bonds. The molecule has 0 atom stereocenters. The van der Waals surface area contributed by atoms with Gasteiger partial charge in [-0.15, -0.1) is 10.2 Å². The highest BCUT2D eigenvalue weighted by molar-refractivity contribution is 5.54. The molecule has 0 unspecified atom stereocenters. The van der Waals surface area contributed by atoms with E-state index in [-0.39, 0.29) is 11.5 Å². The monoisotopic (exact) mass is 334 g/mol. The number of aryl methyl sites for hydroxylation is 2. The quantitative estimate of drug-likeness (QED) is 0.713. The molecular weight excluding hydrogens is 318 g/mol. The first-order valence-electron chi connectivity index (χ1n) is 7.31. The minimum Gasteiger partial charge on any atom is -0.441 e. The first kappa shape index (κ1) is 16.3. The molecule has 0 saturated carbocycles. The fourth-order valence-corrected chi connectivity index (χ4v) is 2.30. The van der Waals surface area contributed by atoms with E-state index < -0.39 is 11.6 Å². The molecule has 0 bridgehead atoms. The van der Waals surface area contributed by atoms with Gasteiger partial charge >= 0.3 is 0 Å². The molecule has 2 aromatic heterocycles. The van der Waals surface area contributed by atoms with Gasteiger partial charge in [0.15, 0.2) is 0 Å². The molecule has 24 heavy (non-hydrogen) atoms. The molecule has 3 rings (SSSR count). The number of nitrogens with zero attached hydrogens (tertiary/aromatic N) is 4. The molecule has 1 aromatic carbocycles. The van der Waals surface area contributed by atoms with Crippen molar-refractivity contribution >= 4 is 0 Å². The Hall–Kier alpha value is -2.61. The van der Waals surface area contributed by atoms with Crippen LogP contribution in [0.4, 0.5) is 8.78 Å². The Morgan fingerprint density at radius 2 is 1.88 bits per heavy atom. The van der Waals surface area contributed by atoms with Gasteiger partial charge in [0.25, 0.3) is 0 Å². The maximum absolute atomic E-state index is 13.8. The van der Waals surface area contributed by atoms with Crippen molar-refractivity contribution in [2.24, 2.45) is 0 Å². The van der Waals surface area contributed by atoms with Gasteiger partial charge < -0.3 is 8.83 Å². The van der Waals surface area contributed by atoms with Crippen molar-refractivity contribution in [1.29, 1.82) is 0 Å². The number of hydrogen-bond donors (Lipinski definition) is 0. The van der Waals surface area contributed by atoms with Crippen LogP contribution >= 0.6 is 0 Å². The van der Waals surface area contributed by atoms with E-state index in [1.54, 1.807) is 13.8 Å². The Labute approximate surface area is 137 Å². The second-order valence-corrected chi connectivity index (χ2v) is 5.53. The molecule has 0 fully saturated rings. The number of rotatable bonds is 5. The zero-order chi connectivity index (χ0) is 17.3. The van der Waals surface area contributed by atoms with Gasteiger partial charge in [0.1, 0.15) is 17.4 Å². The summed E-state index contributed by atoms with van der Waals surface area (Å²) in [6, 6.07) is 3.17. The molecule has 0 radical (unpaired) electrons. The van der Waals surface area contributed by atoms with Gasteiger partial charge in [-0.3, -0.25) is 4.90 Å². The summed E-state index contributed by atoms with van der Waals surface area (Å²) in [7, 11) is 1.86. The average Bonchev–Trinajstić information content (AvgIpc) is 3.08. The SMILES string of the molecule is Cc1nnc(CN(C)Cc2nc(-c3cc(F)ccc3F)oc2C)o1. The maximum Gasteiger partial charge on any atom is 0.230 e. The van der Waals surface area contributed by atoms with Gasteiger partial charge in [-0.05, 0) is 32.2 Å². The molecule has 0 N–H and O–H groups in total. The lowest BCUT2D eigenvalue weighted by Gasteiger charge is -2.12. The number of halogens is 2. The lowest BCUT2D eigenvalue weighted by Crippen LogP contribution is -2.18. The fraction of sp³-hybridized carbons (Fsp3) is 0.312. The summed E-state index contributed by atoms with van der Waals surface area (Å²) in [4.78, 5) is 6.19. The Bertz CT molecular complexity index is 860. The number of aromatic nitrogens is 3. The van der Waals surface area contributed by atoms with E-state index in [0.29, 0.717) is 36.3 Å². The Balaban J connectivity index is 1.77. The van der Waals surface area contributed by atoms with E-state index in [9.17, 15) is 8.78 Å². The van der Waals surface area contributed by atoms with Gasteiger partial charge in [-0.25, -0.2) is 13.8 Å². The Morgan fingerprint density at radius 1 is 1.08 bits per heavy atom. The van der Waals surface area contributed by atoms with Crippen LogP contribution in [0.1, 0.15) is 23.2 Å². The van der Waals surface area contributed by atoms with Crippen LogP contribution in [0.15, 0.2) is 27.0 Å². The minimum absolute atomic E-state index is 0.000436. The van der Waals surface area contributed by atoms with Crippen molar-refractivity contribution in [2.75, 3.05) is 7.05 Å². The molecule has 2 heterocycles. The molecule has 8 heteroatoms. The summed E-state index contributed by atoms with van der Waals surface area (Å²) < 4.78 is 38.0. The molecular formula is C16H16F2N4O2.